The summed E-state index contributed by atoms with van der Waals surface area (Å²) < 4.78 is 20.2. The highest BCUT2D eigenvalue weighted by Crippen LogP contribution is 2.29. The van der Waals surface area contributed by atoms with Gasteiger partial charge in [-0.15, -0.1) is 0 Å². The minimum atomic E-state index is -1.93. The Balaban J connectivity index is 1.62. The van der Waals surface area contributed by atoms with E-state index < -0.39 is 16.3 Å². The summed E-state index contributed by atoms with van der Waals surface area (Å²) in [4.78, 5) is 21.2. The van der Waals surface area contributed by atoms with E-state index in [0.717, 1.165) is 17.8 Å². The summed E-state index contributed by atoms with van der Waals surface area (Å²) in [5.74, 6) is 0.243. The van der Waals surface area contributed by atoms with Gasteiger partial charge in [-0.3, -0.25) is 14.8 Å². The van der Waals surface area contributed by atoms with Gasteiger partial charge in [-0.25, -0.2) is 4.21 Å². The largest absolute Gasteiger partial charge is 0.346 e. The molecule has 2 unspecified atom stereocenters. The maximum Gasteiger partial charge on any atom is 0.253 e. The quantitative estimate of drug-likeness (QED) is 0.657. The summed E-state index contributed by atoms with van der Waals surface area (Å²) in [5, 5.41) is 5.77. The summed E-state index contributed by atoms with van der Waals surface area (Å²) in [7, 11) is 0. The number of carbonyl (C=O) groups excluding carboxylic acids is 1. The van der Waals surface area contributed by atoms with E-state index in [1.54, 1.807) is 31.5 Å². The molecule has 1 aliphatic rings. The number of hydrogen-bond donors (Lipinski definition) is 3. The van der Waals surface area contributed by atoms with Crippen molar-refractivity contribution in [1.82, 2.24) is 20.6 Å². The van der Waals surface area contributed by atoms with Gasteiger partial charge in [0.15, 0.2) is 11.1 Å². The molecule has 0 aliphatic carbocycles. The Kier molecular flexibility index (Phi) is 5.98. The third-order valence-corrected chi connectivity index (χ3v) is 5.66. The Morgan fingerprint density at radius 3 is 2.74 bits per heavy atom. The highest BCUT2D eigenvalue weighted by Gasteiger charge is 2.26. The van der Waals surface area contributed by atoms with Crippen LogP contribution in [-0.2, 0) is 24.2 Å². The van der Waals surface area contributed by atoms with Crippen molar-refractivity contribution in [2.45, 2.75) is 45.2 Å². The van der Waals surface area contributed by atoms with Crippen LogP contribution in [0.2, 0.25) is 0 Å². The van der Waals surface area contributed by atoms with Gasteiger partial charge in [0.2, 0.25) is 0 Å². The SMILES string of the molecule is CC(C)[C@@H]1NCc2cc(C(=O)NCc3ccc(C(C)S(=O)O)cn3)cnc21. The molecule has 3 atom stereocenters. The van der Waals surface area contributed by atoms with Gasteiger partial charge in [0.1, 0.15) is 0 Å². The van der Waals surface area contributed by atoms with Crippen LogP contribution in [0.4, 0.5) is 0 Å². The Labute approximate surface area is 161 Å². The first-order valence-electron chi connectivity index (χ1n) is 8.91. The van der Waals surface area contributed by atoms with Crippen LogP contribution in [0.15, 0.2) is 30.6 Å². The molecule has 0 saturated carbocycles. The van der Waals surface area contributed by atoms with Crippen LogP contribution < -0.4 is 10.6 Å². The number of hydrogen-bond acceptors (Lipinski definition) is 5. The van der Waals surface area contributed by atoms with E-state index in [-0.39, 0.29) is 18.5 Å². The van der Waals surface area contributed by atoms with Gasteiger partial charge in [0, 0.05) is 18.9 Å². The highest BCUT2D eigenvalue weighted by atomic mass is 32.2. The Bertz CT molecular complexity index is 855. The van der Waals surface area contributed by atoms with Gasteiger partial charge in [-0.05, 0) is 36.1 Å². The summed E-state index contributed by atoms with van der Waals surface area (Å²) in [6.45, 7) is 6.95. The molecule has 1 aliphatic heterocycles. The van der Waals surface area contributed by atoms with Gasteiger partial charge >= 0.3 is 0 Å². The van der Waals surface area contributed by atoms with Crippen LogP contribution in [0.3, 0.4) is 0 Å². The maximum atomic E-state index is 12.4. The normalized spacial score (nSPS) is 18.2. The fraction of sp³-hybridized carbons (Fsp3) is 0.421. The van der Waals surface area contributed by atoms with Gasteiger partial charge < -0.3 is 15.2 Å². The van der Waals surface area contributed by atoms with Crippen LogP contribution in [-0.4, -0.2) is 24.6 Å². The molecule has 0 spiro atoms. The molecular weight excluding hydrogens is 364 g/mol. The molecule has 3 rings (SSSR count). The lowest BCUT2D eigenvalue weighted by Crippen LogP contribution is -2.24. The van der Waals surface area contributed by atoms with Gasteiger partial charge in [0.05, 0.1) is 34.8 Å². The van der Waals surface area contributed by atoms with E-state index in [0.29, 0.717) is 22.7 Å². The first-order chi connectivity index (χ1) is 12.9. The minimum absolute atomic E-state index is 0.200. The monoisotopic (exact) mass is 388 g/mol. The molecule has 0 radical (unpaired) electrons. The standard InChI is InChI=1S/C19H24N4O3S/c1-11(2)17-18-14(8-21-17)6-15(9-22-18)19(24)23-10-16-5-4-13(7-20-16)12(3)27(25)26/h4-7,9,11-12,17,21H,8,10H2,1-3H3,(H,23,24)(H,25,26)/t12?,17-/m0/s1. The molecule has 0 bridgehead atoms. The van der Waals surface area contributed by atoms with Crippen molar-refractivity contribution in [3.8, 4) is 0 Å². The van der Waals surface area contributed by atoms with Gasteiger partial charge in [-0.1, -0.05) is 19.9 Å². The van der Waals surface area contributed by atoms with E-state index in [1.165, 1.54) is 0 Å². The lowest BCUT2D eigenvalue weighted by molar-refractivity contribution is 0.0950. The predicted octanol–water partition coefficient (Wildman–Crippen LogP) is 2.49. The molecule has 0 saturated heterocycles. The smallest absolute Gasteiger partial charge is 0.253 e. The van der Waals surface area contributed by atoms with Crippen molar-refractivity contribution >= 4 is 17.0 Å². The van der Waals surface area contributed by atoms with Crippen LogP contribution in [0.25, 0.3) is 0 Å². The second-order valence-corrected chi connectivity index (χ2v) is 8.31. The second kappa shape index (κ2) is 8.24. The van der Waals surface area contributed by atoms with Crippen LogP contribution in [0.1, 0.15) is 64.9 Å². The number of rotatable bonds is 6. The second-order valence-electron chi connectivity index (χ2n) is 7.05. The zero-order valence-corrected chi connectivity index (χ0v) is 16.4. The summed E-state index contributed by atoms with van der Waals surface area (Å²) in [5.41, 5.74) is 3.98. The summed E-state index contributed by atoms with van der Waals surface area (Å²) in [6, 6.07) is 5.62. The molecule has 0 aromatic carbocycles. The number of pyridine rings is 2. The number of nitrogens with one attached hydrogen (secondary N) is 2. The molecule has 144 valence electrons. The van der Waals surface area contributed by atoms with Gasteiger partial charge in [-0.2, -0.15) is 0 Å². The molecule has 2 aromatic rings. The number of aromatic nitrogens is 2. The van der Waals surface area contributed by atoms with E-state index in [1.807, 2.05) is 6.07 Å². The number of nitrogens with zero attached hydrogens (tertiary/aromatic N) is 2. The van der Waals surface area contributed by atoms with Crippen molar-refractivity contribution in [2.75, 3.05) is 0 Å². The molecule has 1 amide bonds. The average molecular weight is 388 g/mol. The zero-order chi connectivity index (χ0) is 19.6. The van der Waals surface area contributed by atoms with Crippen molar-refractivity contribution in [2.24, 2.45) is 5.92 Å². The van der Waals surface area contributed by atoms with Crippen molar-refractivity contribution in [3.63, 3.8) is 0 Å². The van der Waals surface area contributed by atoms with E-state index in [9.17, 15) is 9.00 Å². The molecule has 0 fully saturated rings. The van der Waals surface area contributed by atoms with Crippen LogP contribution >= 0.6 is 0 Å². The fourth-order valence-electron chi connectivity index (χ4n) is 3.11. The summed E-state index contributed by atoms with van der Waals surface area (Å²) in [6.07, 6.45) is 3.18. The number of carbonyl (C=O) groups is 1. The third-order valence-electron chi connectivity index (χ3n) is 4.79. The first-order valence-corrected chi connectivity index (χ1v) is 10.1. The minimum Gasteiger partial charge on any atom is -0.346 e. The average Bonchev–Trinajstić information content (AvgIpc) is 3.09. The molecule has 2 aromatic heterocycles. The van der Waals surface area contributed by atoms with E-state index in [4.69, 9.17) is 4.55 Å². The fourth-order valence-corrected chi connectivity index (χ4v) is 3.48. The molecule has 3 N–H and O–H groups in total. The van der Waals surface area contributed by atoms with Crippen LogP contribution in [0.5, 0.6) is 0 Å². The van der Waals surface area contributed by atoms with Crippen molar-refractivity contribution in [1.29, 1.82) is 0 Å². The van der Waals surface area contributed by atoms with E-state index >= 15 is 0 Å². The molecule has 3 heterocycles. The topological polar surface area (TPSA) is 104 Å². The Hall–Kier alpha value is -2.16. The van der Waals surface area contributed by atoms with E-state index in [2.05, 4.69) is 34.4 Å². The van der Waals surface area contributed by atoms with Crippen molar-refractivity contribution < 1.29 is 13.6 Å². The Morgan fingerprint density at radius 1 is 1.33 bits per heavy atom. The molecule has 7 nitrogen and oxygen atoms in total. The van der Waals surface area contributed by atoms with Gasteiger partial charge in [0.25, 0.3) is 5.91 Å². The lowest BCUT2D eigenvalue weighted by atomic mass is 10.0. The first kappa shape index (κ1) is 19.6. The number of amides is 1. The van der Waals surface area contributed by atoms with Crippen molar-refractivity contribution in [3.05, 3.63) is 58.7 Å². The molecule has 27 heavy (non-hydrogen) atoms. The Morgan fingerprint density at radius 2 is 2.11 bits per heavy atom. The highest BCUT2D eigenvalue weighted by molar-refractivity contribution is 7.79. The maximum absolute atomic E-state index is 12.4. The third kappa shape index (κ3) is 4.40. The number of fused-ring (bicyclic) bond motifs is 1. The lowest BCUT2D eigenvalue weighted by Gasteiger charge is -2.15. The summed E-state index contributed by atoms with van der Waals surface area (Å²) >= 11 is -1.93. The van der Waals surface area contributed by atoms with Crippen LogP contribution in [0, 0.1) is 5.92 Å². The molecule has 8 heteroatoms. The zero-order valence-electron chi connectivity index (χ0n) is 15.6. The molecular formula is C19H24N4O3S. The predicted molar refractivity (Wildman–Crippen MR) is 103 cm³/mol.